The average molecular weight is 449 g/mol. The standard InChI is InChI=1S/C25H21ClN2O4/c1-18(31-22-14-10-21(26)11-15-22)25(30)28-27-17-20-7-12-23(13-8-20)32-24(29)16-9-19-5-3-2-4-6-19/h2-18H,1H3,(H,28,30)/b16-9+,27-17-/t18-/m0/s1. The number of hydrogen-bond donors (Lipinski definition) is 1. The highest BCUT2D eigenvalue weighted by molar-refractivity contribution is 6.30. The highest BCUT2D eigenvalue weighted by Crippen LogP contribution is 2.17. The molecule has 3 aromatic rings. The molecule has 0 spiro atoms. The molecule has 6 nitrogen and oxygen atoms in total. The van der Waals surface area contributed by atoms with Gasteiger partial charge in [-0.15, -0.1) is 0 Å². The van der Waals surface area contributed by atoms with Crippen LogP contribution in [0.15, 0.2) is 90.0 Å². The number of carbonyl (C=O) groups is 2. The number of nitrogens with one attached hydrogen (secondary N) is 1. The molecule has 0 fully saturated rings. The minimum atomic E-state index is -0.737. The van der Waals surface area contributed by atoms with Gasteiger partial charge in [-0.2, -0.15) is 5.10 Å². The minimum Gasteiger partial charge on any atom is -0.481 e. The van der Waals surface area contributed by atoms with E-state index in [1.54, 1.807) is 61.5 Å². The molecule has 0 aliphatic rings. The number of halogens is 1. The lowest BCUT2D eigenvalue weighted by molar-refractivity contribution is -0.129. The van der Waals surface area contributed by atoms with Crippen molar-refractivity contribution in [2.75, 3.05) is 0 Å². The summed E-state index contributed by atoms with van der Waals surface area (Å²) in [7, 11) is 0. The lowest BCUT2D eigenvalue weighted by atomic mass is 10.2. The molecule has 0 bridgehead atoms. The number of ether oxygens (including phenoxy) is 2. The van der Waals surface area contributed by atoms with Crippen molar-refractivity contribution >= 4 is 35.8 Å². The predicted molar refractivity (Wildman–Crippen MR) is 125 cm³/mol. The Hall–Kier alpha value is -3.90. The first-order valence-electron chi connectivity index (χ1n) is 9.80. The number of nitrogens with zero attached hydrogens (tertiary/aromatic N) is 1. The van der Waals surface area contributed by atoms with Gasteiger partial charge in [0.25, 0.3) is 5.91 Å². The van der Waals surface area contributed by atoms with E-state index in [4.69, 9.17) is 21.1 Å². The van der Waals surface area contributed by atoms with E-state index < -0.39 is 18.0 Å². The second kappa shape index (κ2) is 11.5. The van der Waals surface area contributed by atoms with Gasteiger partial charge >= 0.3 is 5.97 Å². The van der Waals surface area contributed by atoms with Crippen LogP contribution in [0.4, 0.5) is 0 Å². The van der Waals surface area contributed by atoms with Gasteiger partial charge in [0.15, 0.2) is 6.10 Å². The summed E-state index contributed by atoms with van der Waals surface area (Å²) >= 11 is 5.83. The topological polar surface area (TPSA) is 77.0 Å². The van der Waals surface area contributed by atoms with Crippen LogP contribution in [0.1, 0.15) is 18.1 Å². The van der Waals surface area contributed by atoms with Crippen LogP contribution in [-0.2, 0) is 9.59 Å². The monoisotopic (exact) mass is 448 g/mol. The van der Waals surface area contributed by atoms with Crippen LogP contribution in [0, 0.1) is 0 Å². The average Bonchev–Trinajstić information content (AvgIpc) is 2.81. The van der Waals surface area contributed by atoms with Gasteiger partial charge in [-0.25, -0.2) is 10.2 Å². The number of rotatable bonds is 8. The maximum atomic E-state index is 12.1. The number of benzene rings is 3. The van der Waals surface area contributed by atoms with E-state index in [9.17, 15) is 9.59 Å². The first-order chi connectivity index (χ1) is 15.5. The molecule has 0 radical (unpaired) electrons. The van der Waals surface area contributed by atoms with E-state index in [2.05, 4.69) is 10.5 Å². The lowest BCUT2D eigenvalue weighted by Crippen LogP contribution is -2.33. The molecule has 7 heteroatoms. The quantitative estimate of drug-likeness (QED) is 0.175. The fraction of sp³-hybridized carbons (Fsp3) is 0.0800. The van der Waals surface area contributed by atoms with Gasteiger partial charge in [-0.05, 0) is 72.7 Å². The Morgan fingerprint density at radius 1 is 0.906 bits per heavy atom. The van der Waals surface area contributed by atoms with Gasteiger partial charge in [0.05, 0.1) is 6.21 Å². The molecular weight excluding hydrogens is 428 g/mol. The van der Waals surface area contributed by atoms with Crippen molar-refractivity contribution in [1.82, 2.24) is 5.43 Å². The summed E-state index contributed by atoms with van der Waals surface area (Å²) in [6.07, 6.45) is 3.80. The van der Waals surface area contributed by atoms with Gasteiger partial charge in [0.1, 0.15) is 11.5 Å². The Morgan fingerprint density at radius 2 is 1.56 bits per heavy atom. The highest BCUT2D eigenvalue weighted by Gasteiger charge is 2.13. The molecule has 0 saturated heterocycles. The van der Waals surface area contributed by atoms with Crippen molar-refractivity contribution in [2.45, 2.75) is 13.0 Å². The zero-order valence-corrected chi connectivity index (χ0v) is 18.0. The van der Waals surface area contributed by atoms with E-state index >= 15 is 0 Å². The van der Waals surface area contributed by atoms with E-state index in [-0.39, 0.29) is 0 Å². The normalized spacial score (nSPS) is 11.9. The summed E-state index contributed by atoms with van der Waals surface area (Å²) in [6.45, 7) is 1.62. The third kappa shape index (κ3) is 7.41. The zero-order valence-electron chi connectivity index (χ0n) is 17.3. The Morgan fingerprint density at radius 3 is 2.25 bits per heavy atom. The maximum Gasteiger partial charge on any atom is 0.336 e. The number of carbonyl (C=O) groups excluding carboxylic acids is 2. The molecule has 0 saturated carbocycles. The molecule has 1 N–H and O–H groups in total. The van der Waals surface area contributed by atoms with E-state index in [1.165, 1.54) is 12.3 Å². The summed E-state index contributed by atoms with van der Waals surface area (Å²) in [5, 5.41) is 4.51. The molecule has 0 aliphatic heterocycles. The number of esters is 1. The van der Waals surface area contributed by atoms with Crippen molar-refractivity contribution in [1.29, 1.82) is 0 Å². The summed E-state index contributed by atoms with van der Waals surface area (Å²) in [4.78, 5) is 24.0. The van der Waals surface area contributed by atoms with E-state index in [0.29, 0.717) is 16.5 Å². The van der Waals surface area contributed by atoms with Crippen LogP contribution in [0.2, 0.25) is 5.02 Å². The van der Waals surface area contributed by atoms with Crippen LogP contribution in [0.3, 0.4) is 0 Å². The number of hydrazone groups is 1. The first kappa shape index (κ1) is 22.8. The SMILES string of the molecule is C[C@H](Oc1ccc(Cl)cc1)C(=O)N/N=C\c1ccc(OC(=O)/C=C/c2ccccc2)cc1. The molecule has 0 aromatic heterocycles. The zero-order chi connectivity index (χ0) is 22.8. The van der Waals surface area contributed by atoms with Gasteiger partial charge in [-0.1, -0.05) is 41.9 Å². The van der Waals surface area contributed by atoms with Crippen LogP contribution < -0.4 is 14.9 Å². The molecule has 1 amide bonds. The van der Waals surface area contributed by atoms with Gasteiger partial charge < -0.3 is 9.47 Å². The maximum absolute atomic E-state index is 12.1. The molecular formula is C25H21ClN2O4. The van der Waals surface area contributed by atoms with Crippen LogP contribution in [-0.4, -0.2) is 24.2 Å². The van der Waals surface area contributed by atoms with Gasteiger partial charge in [0.2, 0.25) is 0 Å². The van der Waals surface area contributed by atoms with Crippen molar-refractivity contribution < 1.29 is 19.1 Å². The molecule has 0 unspecified atom stereocenters. The fourth-order valence-electron chi connectivity index (χ4n) is 2.53. The highest BCUT2D eigenvalue weighted by atomic mass is 35.5. The first-order valence-corrected chi connectivity index (χ1v) is 10.2. The van der Waals surface area contributed by atoms with Crippen molar-refractivity contribution in [3.63, 3.8) is 0 Å². The Labute approximate surface area is 191 Å². The molecule has 3 aromatic carbocycles. The van der Waals surface area contributed by atoms with Gasteiger partial charge in [-0.3, -0.25) is 4.79 Å². The second-order valence-corrected chi connectivity index (χ2v) is 7.12. The Bertz CT molecular complexity index is 1100. The molecule has 1 atom stereocenters. The summed E-state index contributed by atoms with van der Waals surface area (Å²) < 4.78 is 10.8. The molecule has 0 aliphatic carbocycles. The van der Waals surface area contributed by atoms with Gasteiger partial charge in [0, 0.05) is 11.1 Å². The van der Waals surface area contributed by atoms with Crippen molar-refractivity contribution in [3.05, 3.63) is 101 Å². The minimum absolute atomic E-state index is 0.396. The number of hydrogen-bond acceptors (Lipinski definition) is 5. The summed E-state index contributed by atoms with van der Waals surface area (Å²) in [5.41, 5.74) is 4.05. The van der Waals surface area contributed by atoms with Crippen molar-refractivity contribution in [2.24, 2.45) is 5.10 Å². The third-order valence-electron chi connectivity index (χ3n) is 4.19. The van der Waals surface area contributed by atoms with Crippen LogP contribution >= 0.6 is 11.6 Å². The number of amides is 1. The second-order valence-electron chi connectivity index (χ2n) is 6.68. The fourth-order valence-corrected chi connectivity index (χ4v) is 2.66. The molecule has 3 rings (SSSR count). The van der Waals surface area contributed by atoms with E-state index in [0.717, 1.165) is 11.1 Å². The lowest BCUT2D eigenvalue weighted by Gasteiger charge is -2.12. The predicted octanol–water partition coefficient (Wildman–Crippen LogP) is 4.88. The van der Waals surface area contributed by atoms with Crippen LogP contribution in [0.25, 0.3) is 6.08 Å². The molecule has 162 valence electrons. The molecule has 0 heterocycles. The summed E-state index contributed by atoms with van der Waals surface area (Å²) in [5.74, 6) is 0.0628. The Kier molecular flexibility index (Phi) is 8.17. The summed E-state index contributed by atoms with van der Waals surface area (Å²) in [6, 6.07) is 22.9. The largest absolute Gasteiger partial charge is 0.481 e. The molecule has 32 heavy (non-hydrogen) atoms. The van der Waals surface area contributed by atoms with Crippen LogP contribution in [0.5, 0.6) is 11.5 Å². The van der Waals surface area contributed by atoms with Crippen molar-refractivity contribution in [3.8, 4) is 11.5 Å². The van der Waals surface area contributed by atoms with E-state index in [1.807, 2.05) is 30.3 Å². The smallest absolute Gasteiger partial charge is 0.336 e. The Balaban J connectivity index is 1.46. The third-order valence-corrected chi connectivity index (χ3v) is 4.45.